The Kier molecular flexibility index (Phi) is 5.78. The van der Waals surface area contributed by atoms with Crippen molar-refractivity contribution >= 4 is 39.2 Å². The number of primary sulfonamides is 1. The Balaban J connectivity index is 2.00. The number of esters is 1. The number of aryl methyl sites for hydroxylation is 1. The summed E-state index contributed by atoms with van der Waals surface area (Å²) in [5.41, 5.74) is 1.52. The summed E-state index contributed by atoms with van der Waals surface area (Å²) in [5.74, 6) is -1.40. The van der Waals surface area contributed by atoms with Crippen molar-refractivity contribution in [2.45, 2.75) is 11.8 Å². The van der Waals surface area contributed by atoms with Gasteiger partial charge >= 0.3 is 5.97 Å². The van der Waals surface area contributed by atoms with Crippen LogP contribution in [0.2, 0.25) is 5.02 Å². The number of nitrogens with one attached hydrogen (secondary N) is 1. The Labute approximate surface area is 149 Å². The number of anilines is 1. The highest BCUT2D eigenvalue weighted by molar-refractivity contribution is 7.89. The summed E-state index contributed by atoms with van der Waals surface area (Å²) in [6.45, 7) is 1.38. The molecule has 1 amide bonds. The first-order valence-corrected chi connectivity index (χ1v) is 8.95. The van der Waals surface area contributed by atoms with Crippen LogP contribution in [0.5, 0.6) is 0 Å². The third-order valence-electron chi connectivity index (χ3n) is 3.14. The van der Waals surface area contributed by atoms with Crippen LogP contribution in [0.3, 0.4) is 0 Å². The summed E-state index contributed by atoms with van der Waals surface area (Å²) in [7, 11) is -4.08. The zero-order valence-electron chi connectivity index (χ0n) is 13.2. The van der Waals surface area contributed by atoms with E-state index in [9.17, 15) is 18.0 Å². The molecule has 132 valence electrons. The molecular formula is C16H15ClN2O5S. The molecule has 0 bridgehead atoms. The smallest absolute Gasteiger partial charge is 0.338 e. The number of nitrogens with two attached hydrogens (primary N) is 1. The van der Waals surface area contributed by atoms with Gasteiger partial charge in [0.05, 0.1) is 10.6 Å². The number of amides is 1. The average Bonchev–Trinajstić information content (AvgIpc) is 2.54. The Hall–Kier alpha value is -2.42. The molecule has 0 saturated heterocycles. The van der Waals surface area contributed by atoms with E-state index in [0.717, 1.165) is 11.6 Å². The molecule has 0 atom stereocenters. The van der Waals surface area contributed by atoms with E-state index in [2.05, 4.69) is 5.32 Å². The van der Waals surface area contributed by atoms with Gasteiger partial charge in [-0.3, -0.25) is 4.79 Å². The maximum Gasteiger partial charge on any atom is 0.338 e. The molecule has 7 nitrogen and oxygen atoms in total. The quantitative estimate of drug-likeness (QED) is 0.768. The molecule has 0 radical (unpaired) electrons. The molecule has 2 aromatic rings. The molecule has 3 N–H and O–H groups in total. The van der Waals surface area contributed by atoms with Crippen molar-refractivity contribution in [3.8, 4) is 0 Å². The van der Waals surface area contributed by atoms with E-state index >= 15 is 0 Å². The largest absolute Gasteiger partial charge is 0.452 e. The summed E-state index contributed by atoms with van der Waals surface area (Å²) in [6.07, 6.45) is 0. The number of hydrogen-bond acceptors (Lipinski definition) is 5. The summed E-state index contributed by atoms with van der Waals surface area (Å²) < 4.78 is 27.7. The van der Waals surface area contributed by atoms with E-state index in [1.165, 1.54) is 12.1 Å². The van der Waals surface area contributed by atoms with Gasteiger partial charge in [-0.1, -0.05) is 29.3 Å². The summed E-state index contributed by atoms with van der Waals surface area (Å²) >= 11 is 5.74. The van der Waals surface area contributed by atoms with Gasteiger partial charge in [0.2, 0.25) is 10.0 Å². The van der Waals surface area contributed by atoms with Gasteiger partial charge in [-0.25, -0.2) is 18.4 Å². The second-order valence-corrected chi connectivity index (χ2v) is 7.12. The number of ether oxygens (including phenoxy) is 1. The summed E-state index contributed by atoms with van der Waals surface area (Å²) in [6, 6.07) is 10.6. The van der Waals surface area contributed by atoms with E-state index in [-0.39, 0.29) is 10.6 Å². The first-order valence-electron chi connectivity index (χ1n) is 7.03. The first-order chi connectivity index (χ1) is 11.7. The van der Waals surface area contributed by atoms with Crippen LogP contribution in [0.4, 0.5) is 5.69 Å². The monoisotopic (exact) mass is 382 g/mol. The Morgan fingerprint density at radius 3 is 2.40 bits per heavy atom. The van der Waals surface area contributed by atoms with Crippen molar-refractivity contribution in [2.24, 2.45) is 5.14 Å². The van der Waals surface area contributed by atoms with Crippen molar-refractivity contribution in [3.63, 3.8) is 0 Å². The van der Waals surface area contributed by atoms with E-state index in [1.54, 1.807) is 12.1 Å². The third-order valence-corrected chi connectivity index (χ3v) is 4.54. The van der Waals surface area contributed by atoms with Crippen molar-refractivity contribution in [1.82, 2.24) is 0 Å². The summed E-state index contributed by atoms with van der Waals surface area (Å²) in [5, 5.41) is 7.47. The molecule has 2 rings (SSSR count). The van der Waals surface area contributed by atoms with Crippen LogP contribution in [-0.2, 0) is 19.6 Å². The van der Waals surface area contributed by atoms with Gasteiger partial charge in [-0.15, -0.1) is 0 Å². The van der Waals surface area contributed by atoms with Crippen LogP contribution in [0.1, 0.15) is 15.9 Å². The highest BCUT2D eigenvalue weighted by Crippen LogP contribution is 2.21. The molecule has 0 spiro atoms. The van der Waals surface area contributed by atoms with Crippen molar-refractivity contribution in [2.75, 3.05) is 11.9 Å². The minimum Gasteiger partial charge on any atom is -0.452 e. The van der Waals surface area contributed by atoms with Gasteiger partial charge in [0.25, 0.3) is 5.91 Å². The van der Waals surface area contributed by atoms with Gasteiger partial charge < -0.3 is 10.1 Å². The van der Waals surface area contributed by atoms with E-state index < -0.39 is 33.4 Å². The number of hydrogen-bond donors (Lipinski definition) is 2. The molecule has 9 heteroatoms. The fourth-order valence-electron chi connectivity index (χ4n) is 1.90. The van der Waals surface area contributed by atoms with Crippen LogP contribution < -0.4 is 10.5 Å². The van der Waals surface area contributed by atoms with Gasteiger partial charge in [0, 0.05) is 5.69 Å². The second-order valence-electron chi connectivity index (χ2n) is 5.18. The van der Waals surface area contributed by atoms with Crippen molar-refractivity contribution < 1.29 is 22.7 Å². The Bertz CT molecular complexity index is 911. The average molecular weight is 383 g/mol. The maximum atomic E-state index is 12.0. The van der Waals surface area contributed by atoms with Gasteiger partial charge in [0.1, 0.15) is 4.90 Å². The topological polar surface area (TPSA) is 116 Å². The number of carbonyl (C=O) groups is 2. The predicted molar refractivity (Wildman–Crippen MR) is 92.9 cm³/mol. The summed E-state index contributed by atoms with van der Waals surface area (Å²) in [4.78, 5) is 23.3. The molecule has 0 aliphatic rings. The lowest BCUT2D eigenvalue weighted by Crippen LogP contribution is -2.21. The first kappa shape index (κ1) is 18.9. The van der Waals surface area contributed by atoms with Gasteiger partial charge in [-0.2, -0.15) is 0 Å². The molecule has 0 unspecified atom stereocenters. The lowest BCUT2D eigenvalue weighted by molar-refractivity contribution is -0.119. The lowest BCUT2D eigenvalue weighted by Gasteiger charge is -2.08. The maximum absolute atomic E-state index is 12.0. The van der Waals surface area contributed by atoms with Crippen LogP contribution in [0.15, 0.2) is 47.4 Å². The molecule has 0 aliphatic carbocycles. The normalized spacial score (nSPS) is 11.0. The van der Waals surface area contributed by atoms with Crippen LogP contribution in [0.25, 0.3) is 0 Å². The number of rotatable bonds is 5. The van der Waals surface area contributed by atoms with Crippen LogP contribution >= 0.6 is 11.6 Å². The van der Waals surface area contributed by atoms with Crippen molar-refractivity contribution in [1.29, 1.82) is 0 Å². The Morgan fingerprint density at radius 1 is 1.16 bits per heavy atom. The highest BCUT2D eigenvalue weighted by Gasteiger charge is 2.17. The fraction of sp³-hybridized carbons (Fsp3) is 0.125. The Morgan fingerprint density at radius 2 is 1.80 bits per heavy atom. The minimum atomic E-state index is -4.08. The molecule has 0 aliphatic heterocycles. The van der Waals surface area contributed by atoms with E-state index in [4.69, 9.17) is 21.5 Å². The molecule has 0 heterocycles. The zero-order valence-corrected chi connectivity index (χ0v) is 14.7. The number of carbonyl (C=O) groups excluding carboxylic acids is 2. The van der Waals surface area contributed by atoms with Crippen molar-refractivity contribution in [3.05, 3.63) is 58.6 Å². The molecule has 25 heavy (non-hydrogen) atoms. The lowest BCUT2D eigenvalue weighted by atomic mass is 10.2. The molecular weight excluding hydrogens is 368 g/mol. The SMILES string of the molecule is Cc1ccc(NC(=O)COC(=O)c2ccc(Cl)c(S(N)(=O)=O)c2)cc1. The minimum absolute atomic E-state index is 0.0865. The van der Waals surface area contributed by atoms with E-state index in [1.807, 2.05) is 19.1 Å². The van der Waals surface area contributed by atoms with Crippen LogP contribution in [-0.4, -0.2) is 26.9 Å². The molecule has 0 saturated carbocycles. The number of halogens is 1. The standard InChI is InChI=1S/C16H15ClN2O5S/c1-10-2-5-12(6-3-10)19-15(20)9-24-16(21)11-4-7-13(17)14(8-11)25(18,22)23/h2-8H,9H2,1H3,(H,19,20)(H2,18,22,23). The van der Waals surface area contributed by atoms with E-state index in [0.29, 0.717) is 5.69 Å². The van der Waals surface area contributed by atoms with Crippen LogP contribution in [0, 0.1) is 6.92 Å². The van der Waals surface area contributed by atoms with Gasteiger partial charge in [0.15, 0.2) is 6.61 Å². The molecule has 0 fully saturated rings. The zero-order chi connectivity index (χ0) is 18.6. The number of benzene rings is 2. The number of sulfonamides is 1. The predicted octanol–water partition coefficient (Wildman–Crippen LogP) is 2.09. The van der Waals surface area contributed by atoms with Gasteiger partial charge in [-0.05, 0) is 37.3 Å². The fourth-order valence-corrected chi connectivity index (χ4v) is 2.97. The molecule has 0 aromatic heterocycles. The highest BCUT2D eigenvalue weighted by atomic mass is 35.5. The third kappa shape index (κ3) is 5.28. The molecule has 2 aromatic carbocycles. The second kappa shape index (κ2) is 7.64.